The topological polar surface area (TPSA) is 49.4 Å². The van der Waals surface area contributed by atoms with Gasteiger partial charge in [-0.25, -0.2) is 0 Å². The largest absolute Gasteiger partial charge is 0.354 e. The third kappa shape index (κ3) is 3.00. The lowest BCUT2D eigenvalue weighted by Crippen LogP contribution is -2.38. The van der Waals surface area contributed by atoms with Crippen LogP contribution in [0.1, 0.15) is 32.3 Å². The summed E-state index contributed by atoms with van der Waals surface area (Å²) < 4.78 is 0. The molecule has 1 aromatic rings. The maximum Gasteiger partial charge on any atom is 0.231 e. The third-order valence-corrected chi connectivity index (χ3v) is 3.92. The Labute approximate surface area is 120 Å². The van der Waals surface area contributed by atoms with Crippen molar-refractivity contribution in [3.63, 3.8) is 0 Å². The summed E-state index contributed by atoms with van der Waals surface area (Å²) in [7, 11) is 0. The summed E-state index contributed by atoms with van der Waals surface area (Å²) in [6.45, 7) is 5.10. The molecule has 2 rings (SSSR count). The van der Waals surface area contributed by atoms with Gasteiger partial charge in [0.2, 0.25) is 11.8 Å². The molecule has 4 nitrogen and oxygen atoms in total. The van der Waals surface area contributed by atoms with Crippen LogP contribution in [-0.4, -0.2) is 24.9 Å². The quantitative estimate of drug-likeness (QED) is 0.864. The number of carbonyl (C=O) groups excluding carboxylic acids is 2. The van der Waals surface area contributed by atoms with Crippen LogP contribution in [0.5, 0.6) is 0 Å². The molecule has 1 aromatic carbocycles. The molecule has 20 heavy (non-hydrogen) atoms. The fourth-order valence-corrected chi connectivity index (χ4v) is 2.66. The van der Waals surface area contributed by atoms with Gasteiger partial charge < -0.3 is 10.2 Å². The Kier molecular flexibility index (Phi) is 4.77. The number of hydrogen-bond donors (Lipinski definition) is 1. The number of rotatable bonds is 6. The van der Waals surface area contributed by atoms with Gasteiger partial charge in [-0.15, -0.1) is 0 Å². The van der Waals surface area contributed by atoms with Crippen molar-refractivity contribution in [3.05, 3.63) is 29.8 Å². The molecule has 0 spiro atoms. The number of nitrogens with zero attached hydrogens (tertiary/aromatic N) is 1. The van der Waals surface area contributed by atoms with E-state index in [2.05, 4.69) is 5.32 Å². The molecule has 1 N–H and O–H groups in total. The van der Waals surface area contributed by atoms with E-state index >= 15 is 0 Å². The van der Waals surface area contributed by atoms with Gasteiger partial charge in [0.15, 0.2) is 0 Å². The minimum absolute atomic E-state index is 0.0802. The molecular formula is C16H22N2O2. The number of amides is 2. The zero-order valence-electron chi connectivity index (χ0n) is 12.2. The summed E-state index contributed by atoms with van der Waals surface area (Å²) in [6.07, 6.45) is 2.18. The molecule has 0 atom stereocenters. The van der Waals surface area contributed by atoms with Gasteiger partial charge in [-0.05, 0) is 24.5 Å². The van der Waals surface area contributed by atoms with Crippen molar-refractivity contribution in [1.29, 1.82) is 0 Å². The molecular weight excluding hydrogens is 252 g/mol. The summed E-state index contributed by atoms with van der Waals surface area (Å²) in [4.78, 5) is 25.6. The first-order valence-electron chi connectivity index (χ1n) is 7.33. The van der Waals surface area contributed by atoms with E-state index in [1.165, 1.54) is 0 Å². The Morgan fingerprint density at radius 1 is 1.30 bits per heavy atom. The SMILES string of the molecule is CCC(CC)C(=O)NCCN1C(=O)Cc2ccccc21. The second-order valence-corrected chi connectivity index (χ2v) is 5.16. The summed E-state index contributed by atoms with van der Waals surface area (Å²) >= 11 is 0. The fourth-order valence-electron chi connectivity index (χ4n) is 2.66. The highest BCUT2D eigenvalue weighted by Crippen LogP contribution is 2.27. The second-order valence-electron chi connectivity index (χ2n) is 5.16. The van der Waals surface area contributed by atoms with Crippen LogP contribution in [-0.2, 0) is 16.0 Å². The number of benzene rings is 1. The molecule has 0 aromatic heterocycles. The predicted octanol–water partition coefficient (Wildman–Crippen LogP) is 2.13. The van der Waals surface area contributed by atoms with Gasteiger partial charge in [0.1, 0.15) is 0 Å². The summed E-state index contributed by atoms with van der Waals surface area (Å²) in [5.41, 5.74) is 2.05. The van der Waals surface area contributed by atoms with E-state index in [1.807, 2.05) is 38.1 Å². The van der Waals surface area contributed by atoms with Crippen LogP contribution >= 0.6 is 0 Å². The Morgan fingerprint density at radius 2 is 2.00 bits per heavy atom. The average molecular weight is 274 g/mol. The molecule has 1 heterocycles. The predicted molar refractivity (Wildman–Crippen MR) is 79.6 cm³/mol. The molecule has 1 aliphatic heterocycles. The van der Waals surface area contributed by atoms with E-state index in [9.17, 15) is 9.59 Å². The van der Waals surface area contributed by atoms with Crippen LogP contribution in [0.4, 0.5) is 5.69 Å². The van der Waals surface area contributed by atoms with E-state index in [-0.39, 0.29) is 17.7 Å². The molecule has 0 saturated carbocycles. The van der Waals surface area contributed by atoms with Crippen LogP contribution in [0.15, 0.2) is 24.3 Å². The number of carbonyl (C=O) groups is 2. The highest BCUT2D eigenvalue weighted by Gasteiger charge is 2.26. The van der Waals surface area contributed by atoms with Gasteiger partial charge in [-0.3, -0.25) is 9.59 Å². The monoisotopic (exact) mass is 274 g/mol. The average Bonchev–Trinajstić information content (AvgIpc) is 2.76. The van der Waals surface area contributed by atoms with E-state index < -0.39 is 0 Å². The lowest BCUT2D eigenvalue weighted by Gasteiger charge is -2.19. The Balaban J connectivity index is 1.89. The minimum atomic E-state index is 0.0802. The van der Waals surface area contributed by atoms with E-state index in [0.717, 1.165) is 24.1 Å². The summed E-state index contributed by atoms with van der Waals surface area (Å²) in [5, 5.41) is 2.93. The smallest absolute Gasteiger partial charge is 0.231 e. The second kappa shape index (κ2) is 6.55. The van der Waals surface area contributed by atoms with Gasteiger partial charge in [-0.1, -0.05) is 32.0 Å². The van der Waals surface area contributed by atoms with Gasteiger partial charge in [0.25, 0.3) is 0 Å². The number of nitrogens with one attached hydrogen (secondary N) is 1. The van der Waals surface area contributed by atoms with Crippen molar-refractivity contribution in [3.8, 4) is 0 Å². The van der Waals surface area contributed by atoms with Crippen molar-refractivity contribution >= 4 is 17.5 Å². The third-order valence-electron chi connectivity index (χ3n) is 3.92. The van der Waals surface area contributed by atoms with Crippen molar-refractivity contribution in [2.45, 2.75) is 33.1 Å². The van der Waals surface area contributed by atoms with Gasteiger partial charge >= 0.3 is 0 Å². The molecule has 0 bridgehead atoms. The standard InChI is InChI=1S/C16H22N2O2/c1-3-12(4-2)16(20)17-9-10-18-14-8-6-5-7-13(14)11-15(18)19/h5-8,12H,3-4,9-11H2,1-2H3,(H,17,20). The van der Waals surface area contributed by atoms with Crippen molar-refractivity contribution in [2.75, 3.05) is 18.0 Å². The number of anilines is 1. The normalized spacial score (nSPS) is 13.8. The first-order valence-corrected chi connectivity index (χ1v) is 7.33. The van der Waals surface area contributed by atoms with Crippen LogP contribution in [0, 0.1) is 5.92 Å². The van der Waals surface area contributed by atoms with Crippen LogP contribution in [0.3, 0.4) is 0 Å². The molecule has 108 valence electrons. The summed E-state index contributed by atoms with van der Waals surface area (Å²) in [5.74, 6) is 0.287. The van der Waals surface area contributed by atoms with Gasteiger partial charge in [0, 0.05) is 24.7 Å². The molecule has 4 heteroatoms. The fraction of sp³-hybridized carbons (Fsp3) is 0.500. The van der Waals surface area contributed by atoms with Crippen LogP contribution in [0.25, 0.3) is 0 Å². The highest BCUT2D eigenvalue weighted by molar-refractivity contribution is 6.01. The van der Waals surface area contributed by atoms with E-state index in [1.54, 1.807) is 4.90 Å². The van der Waals surface area contributed by atoms with Gasteiger partial charge in [0.05, 0.1) is 6.42 Å². The molecule has 0 aliphatic carbocycles. The zero-order chi connectivity index (χ0) is 14.5. The first-order chi connectivity index (χ1) is 9.67. The van der Waals surface area contributed by atoms with Crippen LogP contribution < -0.4 is 10.2 Å². The minimum Gasteiger partial charge on any atom is -0.354 e. The zero-order valence-corrected chi connectivity index (χ0v) is 12.2. The van der Waals surface area contributed by atoms with Crippen LogP contribution in [0.2, 0.25) is 0 Å². The maximum absolute atomic E-state index is 12.0. The molecule has 0 unspecified atom stereocenters. The molecule has 1 aliphatic rings. The van der Waals surface area contributed by atoms with Gasteiger partial charge in [-0.2, -0.15) is 0 Å². The Hall–Kier alpha value is -1.84. The summed E-state index contributed by atoms with van der Waals surface area (Å²) in [6, 6.07) is 7.83. The lowest BCUT2D eigenvalue weighted by atomic mass is 10.0. The molecule has 0 radical (unpaired) electrons. The molecule has 0 saturated heterocycles. The lowest BCUT2D eigenvalue weighted by molar-refractivity contribution is -0.125. The highest BCUT2D eigenvalue weighted by atomic mass is 16.2. The number of fused-ring (bicyclic) bond motifs is 1. The number of hydrogen-bond acceptors (Lipinski definition) is 2. The van der Waals surface area contributed by atoms with Crippen molar-refractivity contribution in [2.24, 2.45) is 5.92 Å². The number of para-hydroxylation sites is 1. The van der Waals surface area contributed by atoms with Crippen molar-refractivity contribution < 1.29 is 9.59 Å². The van der Waals surface area contributed by atoms with E-state index in [4.69, 9.17) is 0 Å². The molecule has 2 amide bonds. The maximum atomic E-state index is 12.0. The van der Waals surface area contributed by atoms with E-state index in [0.29, 0.717) is 19.5 Å². The Morgan fingerprint density at radius 3 is 2.70 bits per heavy atom. The molecule has 0 fully saturated rings. The Bertz CT molecular complexity index is 495. The van der Waals surface area contributed by atoms with Crippen molar-refractivity contribution in [1.82, 2.24) is 5.32 Å². The first kappa shape index (κ1) is 14.6.